The first-order valence-corrected chi connectivity index (χ1v) is 9.65. The number of amides is 1. The first kappa shape index (κ1) is 16.7. The Morgan fingerprint density at radius 2 is 2.08 bits per heavy atom. The number of hydrogen-bond donors (Lipinski definition) is 2. The van der Waals surface area contributed by atoms with E-state index >= 15 is 0 Å². The molecule has 4 atom stereocenters. The molecule has 1 aliphatic carbocycles. The van der Waals surface area contributed by atoms with Crippen LogP contribution in [0.1, 0.15) is 43.6 Å². The molecule has 134 valence electrons. The fourth-order valence-corrected chi connectivity index (χ4v) is 4.68. The number of pyridine rings is 1. The van der Waals surface area contributed by atoms with Gasteiger partial charge in [0.2, 0.25) is 5.91 Å². The fraction of sp³-hybridized carbons (Fsp3) is 0.600. The van der Waals surface area contributed by atoms with Gasteiger partial charge in [0.25, 0.3) is 0 Å². The van der Waals surface area contributed by atoms with E-state index in [1.807, 2.05) is 12.4 Å². The molecule has 0 bridgehead atoms. The molecule has 2 fully saturated rings. The van der Waals surface area contributed by atoms with Gasteiger partial charge in [-0.1, -0.05) is 12.2 Å². The molecule has 2 N–H and O–H groups in total. The minimum atomic E-state index is 0.203. The molecule has 5 nitrogen and oxygen atoms in total. The normalized spacial score (nSPS) is 32.7. The average molecular weight is 340 g/mol. The summed E-state index contributed by atoms with van der Waals surface area (Å²) in [6.45, 7) is 2.75. The molecule has 25 heavy (non-hydrogen) atoms. The highest BCUT2D eigenvalue weighted by Gasteiger charge is 2.38. The minimum absolute atomic E-state index is 0.203. The number of hydrazine groups is 1. The van der Waals surface area contributed by atoms with Gasteiger partial charge in [0.05, 0.1) is 0 Å². The number of carbonyl (C=O) groups is 1. The first-order chi connectivity index (χ1) is 12.3. The number of aromatic nitrogens is 1. The highest BCUT2D eigenvalue weighted by atomic mass is 16.2. The van der Waals surface area contributed by atoms with E-state index in [1.165, 1.54) is 12.0 Å². The summed E-state index contributed by atoms with van der Waals surface area (Å²) in [5.74, 6) is 1.53. The number of nitrogens with zero attached hydrogens (tertiary/aromatic N) is 2. The largest absolute Gasteiger partial charge is 0.342 e. The third kappa shape index (κ3) is 3.62. The van der Waals surface area contributed by atoms with E-state index < -0.39 is 0 Å². The number of rotatable bonds is 3. The lowest BCUT2D eigenvalue weighted by molar-refractivity contribution is -0.137. The number of carbonyl (C=O) groups excluding carboxylic acids is 1. The summed E-state index contributed by atoms with van der Waals surface area (Å²) in [6, 6.07) is 4.61. The van der Waals surface area contributed by atoms with Crippen LogP contribution in [-0.2, 0) is 4.79 Å². The zero-order valence-corrected chi connectivity index (χ0v) is 14.7. The number of likely N-dealkylation sites (tertiary alicyclic amines) is 1. The zero-order chi connectivity index (χ0) is 17.1. The van der Waals surface area contributed by atoms with Crippen LogP contribution in [0.25, 0.3) is 0 Å². The summed E-state index contributed by atoms with van der Waals surface area (Å²) in [5.41, 5.74) is 8.17. The van der Waals surface area contributed by atoms with E-state index in [2.05, 4.69) is 45.0 Å². The van der Waals surface area contributed by atoms with Crippen molar-refractivity contribution in [2.45, 2.75) is 44.1 Å². The summed E-state index contributed by atoms with van der Waals surface area (Å²) in [4.78, 5) is 19.2. The van der Waals surface area contributed by atoms with E-state index in [9.17, 15) is 4.79 Å². The van der Waals surface area contributed by atoms with Crippen molar-refractivity contribution in [3.63, 3.8) is 0 Å². The van der Waals surface area contributed by atoms with Gasteiger partial charge >= 0.3 is 0 Å². The Labute approximate surface area is 149 Å². The molecule has 0 aromatic carbocycles. The van der Waals surface area contributed by atoms with Gasteiger partial charge in [-0.25, -0.2) is 0 Å². The van der Waals surface area contributed by atoms with E-state index in [1.54, 1.807) is 0 Å². The lowest BCUT2D eigenvalue weighted by Crippen LogP contribution is -2.49. The quantitative estimate of drug-likeness (QED) is 0.829. The maximum Gasteiger partial charge on any atom is 0.226 e. The molecule has 0 saturated carbocycles. The molecule has 2 aliphatic heterocycles. The number of piperidine rings is 1. The third-order valence-corrected chi connectivity index (χ3v) is 6.05. The molecule has 1 aromatic heterocycles. The molecule has 0 spiro atoms. The van der Waals surface area contributed by atoms with Crippen molar-refractivity contribution in [3.05, 3.63) is 42.2 Å². The van der Waals surface area contributed by atoms with Crippen LogP contribution >= 0.6 is 0 Å². The summed E-state index contributed by atoms with van der Waals surface area (Å²) in [7, 11) is 0. The fourth-order valence-electron chi connectivity index (χ4n) is 4.68. The molecule has 1 amide bonds. The molecule has 2 saturated heterocycles. The van der Waals surface area contributed by atoms with Crippen molar-refractivity contribution in [2.24, 2.45) is 11.8 Å². The Morgan fingerprint density at radius 3 is 2.88 bits per heavy atom. The van der Waals surface area contributed by atoms with Crippen LogP contribution in [0.2, 0.25) is 0 Å². The summed E-state index contributed by atoms with van der Waals surface area (Å²) >= 11 is 0. The number of hydrogen-bond acceptors (Lipinski definition) is 4. The van der Waals surface area contributed by atoms with E-state index in [0.717, 1.165) is 45.3 Å². The molecule has 4 rings (SSSR count). The van der Waals surface area contributed by atoms with Gasteiger partial charge in [-0.3, -0.25) is 20.6 Å². The van der Waals surface area contributed by atoms with Crippen molar-refractivity contribution >= 4 is 5.91 Å². The minimum Gasteiger partial charge on any atom is -0.342 e. The summed E-state index contributed by atoms with van der Waals surface area (Å²) in [5, 5.41) is 0. The van der Waals surface area contributed by atoms with Crippen molar-refractivity contribution in [1.82, 2.24) is 20.7 Å². The number of allylic oxidation sites excluding steroid dienone is 2. The average Bonchev–Trinajstić information content (AvgIpc) is 3.19. The predicted octanol–water partition coefficient (Wildman–Crippen LogP) is 2.24. The van der Waals surface area contributed by atoms with Crippen LogP contribution in [0.3, 0.4) is 0 Å². The Bertz CT molecular complexity index is 617. The van der Waals surface area contributed by atoms with Crippen molar-refractivity contribution < 1.29 is 4.79 Å². The molecular weight excluding hydrogens is 312 g/mol. The molecular formula is C20H28N4O. The van der Waals surface area contributed by atoms with Gasteiger partial charge in [0.1, 0.15) is 0 Å². The highest BCUT2D eigenvalue weighted by Crippen LogP contribution is 2.32. The second-order valence-electron chi connectivity index (χ2n) is 7.61. The Kier molecular flexibility index (Phi) is 5.13. The standard InChI is InChI=1S/C20H28N4O/c25-20(16-5-2-1-3-6-16)24-12-4-7-17(14-24)19-18(13-22-23-19)15-8-10-21-11-9-15/h1-2,8-11,16-19,22-23H,3-7,12-14H2. The predicted molar refractivity (Wildman–Crippen MR) is 97.7 cm³/mol. The van der Waals surface area contributed by atoms with Gasteiger partial charge < -0.3 is 4.90 Å². The highest BCUT2D eigenvalue weighted by molar-refractivity contribution is 5.79. The van der Waals surface area contributed by atoms with Gasteiger partial charge in [-0.15, -0.1) is 0 Å². The second kappa shape index (κ2) is 7.67. The second-order valence-corrected chi connectivity index (χ2v) is 7.61. The molecule has 4 unspecified atom stereocenters. The van der Waals surface area contributed by atoms with Gasteiger partial charge in [0, 0.05) is 49.9 Å². The SMILES string of the molecule is O=C(C1CC=CCC1)N1CCCC(C2NNCC2c2ccncc2)C1. The summed E-state index contributed by atoms with van der Waals surface area (Å²) in [6.07, 6.45) is 13.4. The van der Waals surface area contributed by atoms with E-state index in [0.29, 0.717) is 23.8 Å². The molecule has 5 heteroatoms. The maximum absolute atomic E-state index is 12.9. The first-order valence-electron chi connectivity index (χ1n) is 9.65. The Morgan fingerprint density at radius 1 is 1.20 bits per heavy atom. The Hall–Kier alpha value is -1.72. The van der Waals surface area contributed by atoms with Crippen LogP contribution in [0, 0.1) is 11.8 Å². The monoisotopic (exact) mass is 340 g/mol. The Balaban J connectivity index is 1.43. The van der Waals surface area contributed by atoms with E-state index in [4.69, 9.17) is 0 Å². The molecule has 3 aliphatic rings. The van der Waals surface area contributed by atoms with Crippen molar-refractivity contribution in [1.29, 1.82) is 0 Å². The topological polar surface area (TPSA) is 57.3 Å². The van der Waals surface area contributed by atoms with Crippen LogP contribution < -0.4 is 10.9 Å². The van der Waals surface area contributed by atoms with Gasteiger partial charge in [-0.05, 0) is 55.7 Å². The van der Waals surface area contributed by atoms with Crippen molar-refractivity contribution in [3.8, 4) is 0 Å². The molecule has 1 aromatic rings. The number of nitrogens with one attached hydrogen (secondary N) is 2. The van der Waals surface area contributed by atoms with Crippen LogP contribution in [0.4, 0.5) is 0 Å². The van der Waals surface area contributed by atoms with Crippen LogP contribution in [0.15, 0.2) is 36.7 Å². The third-order valence-electron chi connectivity index (χ3n) is 6.05. The lowest BCUT2D eigenvalue weighted by Gasteiger charge is -2.39. The maximum atomic E-state index is 12.9. The molecule has 0 radical (unpaired) electrons. The van der Waals surface area contributed by atoms with Crippen LogP contribution in [-0.4, -0.2) is 41.5 Å². The van der Waals surface area contributed by atoms with Gasteiger partial charge in [-0.2, -0.15) is 0 Å². The zero-order valence-electron chi connectivity index (χ0n) is 14.7. The lowest BCUT2D eigenvalue weighted by atomic mass is 9.81. The smallest absolute Gasteiger partial charge is 0.226 e. The summed E-state index contributed by atoms with van der Waals surface area (Å²) < 4.78 is 0. The van der Waals surface area contributed by atoms with E-state index in [-0.39, 0.29) is 5.92 Å². The van der Waals surface area contributed by atoms with Gasteiger partial charge in [0.15, 0.2) is 0 Å². The molecule has 3 heterocycles. The van der Waals surface area contributed by atoms with Crippen molar-refractivity contribution in [2.75, 3.05) is 19.6 Å². The van der Waals surface area contributed by atoms with Crippen LogP contribution in [0.5, 0.6) is 0 Å².